The monoisotopic (exact) mass is 348 g/mol. The number of nitrogens with zero attached hydrogens (tertiary/aromatic N) is 4. The third kappa shape index (κ3) is 4.49. The van der Waals surface area contributed by atoms with E-state index in [0.29, 0.717) is 6.04 Å². The standard InChI is InChI=1S/C18H28N4OS/c1-15(24-17-7-3-4-8-19-17)18(23)22-12-10-21(11-13-22)16-6-5-9-20(2)14-16/h3-4,7-8,15-16H,5-6,9-14H2,1-2H3. The van der Waals surface area contributed by atoms with Crippen LogP contribution in [0.3, 0.4) is 0 Å². The molecule has 0 aliphatic carbocycles. The molecule has 24 heavy (non-hydrogen) atoms. The zero-order valence-electron chi connectivity index (χ0n) is 14.7. The van der Waals surface area contributed by atoms with Crippen LogP contribution in [-0.2, 0) is 4.79 Å². The van der Waals surface area contributed by atoms with E-state index in [1.54, 1.807) is 18.0 Å². The lowest BCUT2D eigenvalue weighted by Gasteiger charge is -2.43. The highest BCUT2D eigenvalue weighted by molar-refractivity contribution is 8.00. The van der Waals surface area contributed by atoms with Crippen molar-refractivity contribution in [3.8, 4) is 0 Å². The number of piperazine rings is 1. The Balaban J connectivity index is 1.48. The molecular formula is C18H28N4OS. The first-order valence-electron chi connectivity index (χ1n) is 8.92. The van der Waals surface area contributed by atoms with E-state index < -0.39 is 0 Å². The Hall–Kier alpha value is -1.11. The van der Waals surface area contributed by atoms with Gasteiger partial charge in [0.05, 0.1) is 10.3 Å². The average Bonchev–Trinajstić information content (AvgIpc) is 2.62. The number of thioether (sulfide) groups is 1. The predicted molar refractivity (Wildman–Crippen MR) is 98.2 cm³/mol. The highest BCUT2D eigenvalue weighted by atomic mass is 32.2. The van der Waals surface area contributed by atoms with E-state index in [1.165, 1.54) is 25.9 Å². The lowest BCUT2D eigenvalue weighted by molar-refractivity contribution is -0.132. The molecule has 2 aliphatic heterocycles. The van der Waals surface area contributed by atoms with Gasteiger partial charge in [-0.2, -0.15) is 0 Å². The molecule has 3 rings (SSSR count). The summed E-state index contributed by atoms with van der Waals surface area (Å²) >= 11 is 1.55. The van der Waals surface area contributed by atoms with Crippen molar-refractivity contribution in [3.05, 3.63) is 24.4 Å². The maximum atomic E-state index is 12.7. The highest BCUT2D eigenvalue weighted by Gasteiger charge is 2.30. The van der Waals surface area contributed by atoms with Crippen LogP contribution in [0.15, 0.2) is 29.4 Å². The Morgan fingerprint density at radius 2 is 2.04 bits per heavy atom. The van der Waals surface area contributed by atoms with Crippen LogP contribution >= 0.6 is 11.8 Å². The molecule has 2 aliphatic rings. The van der Waals surface area contributed by atoms with E-state index in [4.69, 9.17) is 0 Å². The van der Waals surface area contributed by atoms with Crippen molar-refractivity contribution >= 4 is 17.7 Å². The highest BCUT2D eigenvalue weighted by Crippen LogP contribution is 2.23. The number of rotatable bonds is 4. The maximum absolute atomic E-state index is 12.7. The molecule has 1 aromatic rings. The molecule has 0 N–H and O–H groups in total. The summed E-state index contributed by atoms with van der Waals surface area (Å²) in [7, 11) is 2.21. The molecule has 2 fully saturated rings. The fraction of sp³-hybridized carbons (Fsp3) is 0.667. The summed E-state index contributed by atoms with van der Waals surface area (Å²) in [5.41, 5.74) is 0. The van der Waals surface area contributed by atoms with Gasteiger partial charge in [-0.05, 0) is 45.5 Å². The van der Waals surface area contributed by atoms with Crippen LogP contribution in [0.1, 0.15) is 19.8 Å². The van der Waals surface area contributed by atoms with Crippen molar-refractivity contribution in [3.63, 3.8) is 0 Å². The Bertz CT molecular complexity index is 533. The first-order chi connectivity index (χ1) is 11.6. The van der Waals surface area contributed by atoms with Crippen LogP contribution in [0.25, 0.3) is 0 Å². The van der Waals surface area contributed by atoms with Gasteiger partial charge in [-0.1, -0.05) is 17.8 Å². The third-order valence-corrected chi connectivity index (χ3v) is 6.06. The molecule has 3 heterocycles. The zero-order valence-corrected chi connectivity index (χ0v) is 15.5. The first-order valence-corrected chi connectivity index (χ1v) is 9.80. The number of pyridine rings is 1. The van der Waals surface area contributed by atoms with Crippen molar-refractivity contribution in [1.29, 1.82) is 0 Å². The fourth-order valence-corrected chi connectivity index (χ4v) is 4.54. The number of amides is 1. The van der Waals surface area contributed by atoms with Gasteiger partial charge in [-0.25, -0.2) is 4.98 Å². The minimum atomic E-state index is -0.0766. The molecule has 0 bridgehead atoms. The summed E-state index contributed by atoms with van der Waals surface area (Å²) in [5.74, 6) is 0.242. The van der Waals surface area contributed by atoms with Crippen LogP contribution < -0.4 is 0 Å². The molecule has 2 unspecified atom stereocenters. The fourth-order valence-electron chi connectivity index (χ4n) is 3.65. The van der Waals surface area contributed by atoms with Gasteiger partial charge < -0.3 is 9.80 Å². The number of piperidine rings is 1. The van der Waals surface area contributed by atoms with Crippen LogP contribution in [0.5, 0.6) is 0 Å². The Kier molecular flexibility index (Phi) is 6.14. The number of carbonyl (C=O) groups is 1. The number of hydrogen-bond acceptors (Lipinski definition) is 5. The normalized spacial score (nSPS) is 24.8. The Labute approximate surface area is 149 Å². The lowest BCUT2D eigenvalue weighted by Crippen LogP contribution is -2.56. The van der Waals surface area contributed by atoms with Crippen molar-refractivity contribution in [1.82, 2.24) is 19.7 Å². The molecule has 6 heteroatoms. The van der Waals surface area contributed by atoms with Gasteiger partial charge >= 0.3 is 0 Å². The predicted octanol–water partition coefficient (Wildman–Crippen LogP) is 1.80. The minimum absolute atomic E-state index is 0.0766. The number of hydrogen-bond donors (Lipinski definition) is 0. The molecule has 0 radical (unpaired) electrons. The molecule has 0 saturated carbocycles. The van der Waals surface area contributed by atoms with E-state index in [9.17, 15) is 4.79 Å². The Morgan fingerprint density at radius 1 is 1.25 bits per heavy atom. The SMILES string of the molecule is CC(Sc1ccccn1)C(=O)N1CCN(C2CCCN(C)C2)CC1. The Morgan fingerprint density at radius 3 is 2.71 bits per heavy atom. The van der Waals surface area contributed by atoms with Gasteiger partial charge in [0, 0.05) is 45.0 Å². The molecule has 2 saturated heterocycles. The summed E-state index contributed by atoms with van der Waals surface area (Å²) in [6.45, 7) is 8.09. The molecule has 0 aromatic carbocycles. The van der Waals surface area contributed by atoms with Crippen LogP contribution in [0.4, 0.5) is 0 Å². The minimum Gasteiger partial charge on any atom is -0.339 e. The second kappa shape index (κ2) is 8.32. The first kappa shape index (κ1) is 17.7. The molecule has 5 nitrogen and oxygen atoms in total. The van der Waals surface area contributed by atoms with E-state index >= 15 is 0 Å². The number of likely N-dealkylation sites (N-methyl/N-ethyl adjacent to an activating group) is 1. The molecule has 0 spiro atoms. The number of likely N-dealkylation sites (tertiary alicyclic amines) is 1. The van der Waals surface area contributed by atoms with Crippen LogP contribution in [0.2, 0.25) is 0 Å². The maximum Gasteiger partial charge on any atom is 0.235 e. The van der Waals surface area contributed by atoms with Crippen molar-refractivity contribution in [2.75, 3.05) is 46.3 Å². The largest absolute Gasteiger partial charge is 0.339 e. The van der Waals surface area contributed by atoms with Gasteiger partial charge in [0.25, 0.3) is 0 Å². The van der Waals surface area contributed by atoms with E-state index in [0.717, 1.165) is 31.2 Å². The van der Waals surface area contributed by atoms with Crippen LogP contribution in [0, 0.1) is 0 Å². The van der Waals surface area contributed by atoms with E-state index in [2.05, 4.69) is 21.8 Å². The number of aromatic nitrogens is 1. The van der Waals surface area contributed by atoms with Crippen LogP contribution in [-0.4, -0.2) is 83.2 Å². The molecule has 132 valence electrons. The topological polar surface area (TPSA) is 39.7 Å². The van der Waals surface area contributed by atoms with Crippen molar-refractivity contribution in [2.24, 2.45) is 0 Å². The summed E-state index contributed by atoms with van der Waals surface area (Å²) in [6.07, 6.45) is 4.36. The molecular weight excluding hydrogens is 320 g/mol. The van der Waals surface area contributed by atoms with Gasteiger partial charge in [0.2, 0.25) is 5.91 Å². The average molecular weight is 349 g/mol. The third-order valence-electron chi connectivity index (χ3n) is 5.02. The summed E-state index contributed by atoms with van der Waals surface area (Å²) < 4.78 is 0. The zero-order chi connectivity index (χ0) is 16.9. The van der Waals surface area contributed by atoms with Gasteiger partial charge in [-0.3, -0.25) is 9.69 Å². The molecule has 2 atom stereocenters. The van der Waals surface area contributed by atoms with E-state index in [-0.39, 0.29) is 11.2 Å². The summed E-state index contributed by atoms with van der Waals surface area (Å²) in [5, 5.41) is 0.842. The summed E-state index contributed by atoms with van der Waals surface area (Å²) in [6, 6.07) is 6.50. The molecule has 1 aromatic heterocycles. The molecule has 1 amide bonds. The second-order valence-corrected chi connectivity index (χ2v) is 8.21. The number of carbonyl (C=O) groups excluding carboxylic acids is 1. The van der Waals surface area contributed by atoms with Crippen molar-refractivity contribution in [2.45, 2.75) is 36.1 Å². The van der Waals surface area contributed by atoms with Gasteiger partial charge in [-0.15, -0.1) is 0 Å². The quantitative estimate of drug-likeness (QED) is 0.776. The smallest absolute Gasteiger partial charge is 0.235 e. The van der Waals surface area contributed by atoms with Crippen molar-refractivity contribution < 1.29 is 4.79 Å². The van der Waals surface area contributed by atoms with Gasteiger partial charge in [0.1, 0.15) is 0 Å². The lowest BCUT2D eigenvalue weighted by atomic mass is 10.0. The van der Waals surface area contributed by atoms with E-state index in [1.807, 2.05) is 30.0 Å². The van der Waals surface area contributed by atoms with Gasteiger partial charge in [0.15, 0.2) is 0 Å². The summed E-state index contributed by atoms with van der Waals surface area (Å²) in [4.78, 5) is 24.0. The second-order valence-electron chi connectivity index (χ2n) is 6.85.